The highest BCUT2D eigenvalue weighted by Gasteiger charge is 2.16. The molecule has 0 amide bonds. The summed E-state index contributed by atoms with van der Waals surface area (Å²) in [6.45, 7) is 3.99. The number of ether oxygens (including phenoxy) is 1. The summed E-state index contributed by atoms with van der Waals surface area (Å²) in [5, 5.41) is 4.44. The van der Waals surface area contributed by atoms with Crippen molar-refractivity contribution in [2.45, 2.75) is 26.7 Å². The van der Waals surface area contributed by atoms with Crippen molar-refractivity contribution < 1.29 is 13.9 Å². The zero-order chi connectivity index (χ0) is 17.8. The molecule has 0 saturated carbocycles. The number of carbonyl (C=O) groups is 1. The fourth-order valence-corrected chi connectivity index (χ4v) is 2.50. The number of hydrogen-bond donors (Lipinski definition) is 0. The quantitative estimate of drug-likeness (QED) is 0.644. The van der Waals surface area contributed by atoms with Gasteiger partial charge in [-0.05, 0) is 43.7 Å². The van der Waals surface area contributed by atoms with E-state index >= 15 is 0 Å². The molecule has 3 aromatic rings. The van der Waals surface area contributed by atoms with Crippen molar-refractivity contribution in [2.24, 2.45) is 0 Å². The summed E-state index contributed by atoms with van der Waals surface area (Å²) in [5.74, 6) is -0.568. The maximum atomic E-state index is 13.6. The zero-order valence-corrected chi connectivity index (χ0v) is 14.2. The lowest BCUT2D eigenvalue weighted by Gasteiger charge is -2.08. The smallest absolute Gasteiger partial charge is 0.344 e. The molecule has 0 aliphatic rings. The molecule has 0 saturated heterocycles. The van der Waals surface area contributed by atoms with Crippen molar-refractivity contribution in [3.05, 3.63) is 77.2 Å². The standard InChI is InChI=1S/C20H19FN2O2/c1-3-5-17-13-19(23(22-17)18-7-4-6-16(21)12-18)25-20(24)15-10-8-14(2)9-11-15/h4,6-13H,3,5H2,1-2H3. The van der Waals surface area contributed by atoms with Crippen LogP contribution in [0.15, 0.2) is 54.6 Å². The first-order valence-electron chi connectivity index (χ1n) is 8.20. The van der Waals surface area contributed by atoms with Crippen LogP contribution in [0.4, 0.5) is 4.39 Å². The summed E-state index contributed by atoms with van der Waals surface area (Å²) in [5.41, 5.74) is 2.81. The Labute approximate surface area is 145 Å². The Hall–Kier alpha value is -2.95. The lowest BCUT2D eigenvalue weighted by Crippen LogP contribution is -2.11. The van der Waals surface area contributed by atoms with Crippen LogP contribution in [-0.2, 0) is 6.42 Å². The zero-order valence-electron chi connectivity index (χ0n) is 14.2. The van der Waals surface area contributed by atoms with Gasteiger partial charge in [0.1, 0.15) is 5.82 Å². The van der Waals surface area contributed by atoms with Gasteiger partial charge in [0.15, 0.2) is 0 Å². The molecule has 0 radical (unpaired) electrons. The average molecular weight is 338 g/mol. The predicted molar refractivity (Wildman–Crippen MR) is 93.7 cm³/mol. The van der Waals surface area contributed by atoms with Gasteiger partial charge in [0, 0.05) is 6.07 Å². The fourth-order valence-electron chi connectivity index (χ4n) is 2.50. The summed E-state index contributed by atoms with van der Waals surface area (Å²) in [4.78, 5) is 12.4. The van der Waals surface area contributed by atoms with E-state index in [4.69, 9.17) is 4.74 Å². The van der Waals surface area contributed by atoms with E-state index in [1.54, 1.807) is 30.3 Å². The molecule has 0 spiro atoms. The molecule has 0 atom stereocenters. The van der Waals surface area contributed by atoms with E-state index in [0.29, 0.717) is 11.3 Å². The van der Waals surface area contributed by atoms with Crippen molar-refractivity contribution in [3.63, 3.8) is 0 Å². The first kappa shape index (κ1) is 16.9. The summed E-state index contributed by atoms with van der Waals surface area (Å²) < 4.78 is 20.5. The Balaban J connectivity index is 1.94. The molecule has 128 valence electrons. The molecule has 1 heterocycles. The maximum Gasteiger partial charge on any atom is 0.344 e. The number of rotatable bonds is 5. The molecule has 0 N–H and O–H groups in total. The van der Waals surface area contributed by atoms with Crippen LogP contribution in [0.25, 0.3) is 5.69 Å². The fraction of sp³-hybridized carbons (Fsp3) is 0.200. The lowest BCUT2D eigenvalue weighted by molar-refractivity contribution is 0.0723. The monoisotopic (exact) mass is 338 g/mol. The third kappa shape index (κ3) is 3.94. The number of benzene rings is 2. The highest BCUT2D eigenvalue weighted by Crippen LogP contribution is 2.22. The molecular weight excluding hydrogens is 319 g/mol. The molecule has 5 heteroatoms. The number of aromatic nitrogens is 2. The second-order valence-electron chi connectivity index (χ2n) is 5.87. The summed E-state index contributed by atoms with van der Waals surface area (Å²) in [6.07, 6.45) is 1.66. The SMILES string of the molecule is CCCc1cc(OC(=O)c2ccc(C)cc2)n(-c2cccc(F)c2)n1. The Morgan fingerprint density at radius 1 is 1.16 bits per heavy atom. The van der Waals surface area contributed by atoms with E-state index in [1.807, 2.05) is 26.0 Å². The van der Waals surface area contributed by atoms with Crippen LogP contribution in [-0.4, -0.2) is 15.7 Å². The second kappa shape index (κ2) is 7.30. The average Bonchev–Trinajstić information content (AvgIpc) is 2.98. The molecule has 0 fully saturated rings. The summed E-state index contributed by atoms with van der Waals surface area (Å²) in [7, 11) is 0. The first-order valence-corrected chi connectivity index (χ1v) is 8.20. The molecule has 0 unspecified atom stereocenters. The molecule has 2 aromatic carbocycles. The Morgan fingerprint density at radius 2 is 1.92 bits per heavy atom. The van der Waals surface area contributed by atoms with Crippen LogP contribution < -0.4 is 4.74 Å². The van der Waals surface area contributed by atoms with E-state index in [1.165, 1.54) is 16.8 Å². The van der Waals surface area contributed by atoms with Crippen molar-refractivity contribution >= 4 is 5.97 Å². The Kier molecular flexibility index (Phi) is 4.93. The normalized spacial score (nSPS) is 10.7. The minimum atomic E-state index is -0.472. The van der Waals surface area contributed by atoms with Crippen molar-refractivity contribution in [1.29, 1.82) is 0 Å². The number of hydrogen-bond acceptors (Lipinski definition) is 3. The van der Waals surface area contributed by atoms with E-state index in [2.05, 4.69) is 5.10 Å². The highest BCUT2D eigenvalue weighted by atomic mass is 19.1. The predicted octanol–water partition coefficient (Wildman–Crippen LogP) is 4.49. The van der Waals surface area contributed by atoms with Gasteiger partial charge in [-0.2, -0.15) is 5.10 Å². The van der Waals surface area contributed by atoms with Crippen LogP contribution in [0.5, 0.6) is 5.88 Å². The van der Waals surface area contributed by atoms with Crippen molar-refractivity contribution in [3.8, 4) is 11.6 Å². The van der Waals surface area contributed by atoms with Gasteiger partial charge in [-0.15, -0.1) is 0 Å². The van der Waals surface area contributed by atoms with E-state index in [9.17, 15) is 9.18 Å². The minimum Gasteiger partial charge on any atom is -0.404 e. The summed E-state index contributed by atoms with van der Waals surface area (Å²) in [6, 6.07) is 14.9. The number of nitrogens with zero attached hydrogens (tertiary/aromatic N) is 2. The van der Waals surface area contributed by atoms with Crippen LogP contribution >= 0.6 is 0 Å². The summed E-state index contributed by atoms with van der Waals surface area (Å²) >= 11 is 0. The number of carbonyl (C=O) groups excluding carboxylic acids is 1. The molecular formula is C20H19FN2O2. The van der Waals surface area contributed by atoms with Gasteiger partial charge in [-0.25, -0.2) is 13.9 Å². The van der Waals surface area contributed by atoms with Gasteiger partial charge in [-0.1, -0.05) is 37.1 Å². The number of halogens is 1. The first-order chi connectivity index (χ1) is 12.1. The number of aryl methyl sites for hydroxylation is 2. The van der Waals surface area contributed by atoms with E-state index in [-0.39, 0.29) is 11.7 Å². The minimum absolute atomic E-state index is 0.277. The van der Waals surface area contributed by atoms with Gasteiger partial charge >= 0.3 is 5.97 Å². The Morgan fingerprint density at radius 3 is 2.60 bits per heavy atom. The van der Waals surface area contributed by atoms with Gasteiger partial charge in [-0.3, -0.25) is 0 Å². The largest absolute Gasteiger partial charge is 0.404 e. The maximum absolute atomic E-state index is 13.6. The van der Waals surface area contributed by atoms with Crippen LogP contribution in [0.1, 0.15) is 35.0 Å². The molecule has 3 rings (SSSR count). The Bertz CT molecular complexity index is 885. The van der Waals surface area contributed by atoms with Crippen molar-refractivity contribution in [2.75, 3.05) is 0 Å². The van der Waals surface area contributed by atoms with Gasteiger partial charge in [0.2, 0.25) is 5.88 Å². The van der Waals surface area contributed by atoms with Gasteiger partial charge < -0.3 is 4.74 Å². The molecule has 25 heavy (non-hydrogen) atoms. The topological polar surface area (TPSA) is 44.1 Å². The molecule has 1 aromatic heterocycles. The van der Waals surface area contributed by atoms with Crippen LogP contribution in [0.2, 0.25) is 0 Å². The highest BCUT2D eigenvalue weighted by molar-refractivity contribution is 5.90. The second-order valence-corrected chi connectivity index (χ2v) is 5.87. The lowest BCUT2D eigenvalue weighted by atomic mass is 10.1. The van der Waals surface area contributed by atoms with Crippen molar-refractivity contribution in [1.82, 2.24) is 9.78 Å². The third-order valence-electron chi connectivity index (χ3n) is 3.77. The molecule has 0 aliphatic carbocycles. The van der Waals surface area contributed by atoms with Gasteiger partial charge in [0.05, 0.1) is 16.9 Å². The van der Waals surface area contributed by atoms with Crippen LogP contribution in [0, 0.1) is 12.7 Å². The number of esters is 1. The third-order valence-corrected chi connectivity index (χ3v) is 3.77. The van der Waals surface area contributed by atoms with E-state index in [0.717, 1.165) is 24.1 Å². The molecule has 0 aliphatic heterocycles. The van der Waals surface area contributed by atoms with E-state index < -0.39 is 5.97 Å². The van der Waals surface area contributed by atoms with Gasteiger partial charge in [0.25, 0.3) is 0 Å². The molecule has 4 nitrogen and oxygen atoms in total. The molecule has 0 bridgehead atoms. The van der Waals surface area contributed by atoms with Crippen LogP contribution in [0.3, 0.4) is 0 Å².